The Morgan fingerprint density at radius 1 is 1.15 bits per heavy atom. The number of esters is 1. The molecular formula is C16H24O3Sn. The quantitative estimate of drug-likeness (QED) is 0.560. The van der Waals surface area contributed by atoms with E-state index in [4.69, 9.17) is 4.74 Å². The van der Waals surface area contributed by atoms with Crippen molar-refractivity contribution < 1.29 is 14.3 Å². The fraction of sp³-hybridized carbons (Fsp3) is 0.500. The number of Topliss-reactive ketones (excluding diaryl/α,β-unsaturated/α-hetero) is 1. The van der Waals surface area contributed by atoms with E-state index in [-0.39, 0.29) is 24.1 Å². The van der Waals surface area contributed by atoms with Gasteiger partial charge in [0.1, 0.15) is 0 Å². The number of hydrogen-bond donors (Lipinski definition) is 0. The molecule has 0 radical (unpaired) electrons. The van der Waals surface area contributed by atoms with Crippen LogP contribution < -0.4 is 3.58 Å². The van der Waals surface area contributed by atoms with Crippen molar-refractivity contribution in [2.24, 2.45) is 5.92 Å². The summed E-state index contributed by atoms with van der Waals surface area (Å²) in [7, 11) is 1.37. The zero-order chi connectivity index (χ0) is 15.3. The van der Waals surface area contributed by atoms with Crippen LogP contribution in [0.5, 0.6) is 0 Å². The van der Waals surface area contributed by atoms with Crippen LogP contribution in [0.25, 0.3) is 0 Å². The first-order chi connectivity index (χ1) is 9.24. The van der Waals surface area contributed by atoms with Crippen LogP contribution in [0.4, 0.5) is 0 Å². The predicted octanol–water partition coefficient (Wildman–Crippen LogP) is 2.54. The van der Waals surface area contributed by atoms with Gasteiger partial charge in [0.25, 0.3) is 0 Å². The van der Waals surface area contributed by atoms with Crippen LogP contribution in [-0.2, 0) is 20.7 Å². The molecule has 1 unspecified atom stereocenters. The number of benzene rings is 1. The fourth-order valence-corrected chi connectivity index (χ4v) is 5.51. The Morgan fingerprint density at radius 3 is 2.10 bits per heavy atom. The molecule has 0 aliphatic rings. The molecule has 1 aromatic rings. The summed E-state index contributed by atoms with van der Waals surface area (Å²) < 4.78 is 6.24. The van der Waals surface area contributed by atoms with Gasteiger partial charge in [0, 0.05) is 0 Å². The first-order valence-corrected chi connectivity index (χ1v) is 16.9. The second-order valence-corrected chi connectivity index (χ2v) is 20.8. The van der Waals surface area contributed by atoms with Gasteiger partial charge in [-0.1, -0.05) is 0 Å². The number of ether oxygens (including phenoxy) is 1. The Balaban J connectivity index is 2.83. The summed E-state index contributed by atoms with van der Waals surface area (Å²) in [6, 6.07) is 8.50. The minimum absolute atomic E-state index is 0.0166. The summed E-state index contributed by atoms with van der Waals surface area (Å²) in [6.45, 7) is 1.51. The number of carbonyl (C=O) groups excluding carboxylic acids is 2. The van der Waals surface area contributed by atoms with Crippen molar-refractivity contribution in [3.8, 4) is 0 Å². The fourth-order valence-electron chi connectivity index (χ4n) is 2.18. The Kier molecular flexibility index (Phi) is 6.24. The monoisotopic (exact) mass is 384 g/mol. The van der Waals surface area contributed by atoms with Crippen molar-refractivity contribution in [2.45, 2.75) is 34.6 Å². The number of ketones is 1. The van der Waals surface area contributed by atoms with E-state index in [9.17, 15) is 9.59 Å². The molecule has 0 saturated heterocycles. The van der Waals surface area contributed by atoms with Crippen LogP contribution >= 0.6 is 0 Å². The molecule has 0 spiro atoms. The Hall–Kier alpha value is -0.841. The Morgan fingerprint density at radius 2 is 1.70 bits per heavy atom. The molecule has 0 bridgehead atoms. The molecule has 20 heavy (non-hydrogen) atoms. The summed E-state index contributed by atoms with van der Waals surface area (Å²) in [5, 5.41) is 0. The SMILES string of the molecule is COC(=O)C(CC(C)=O)Cc1cc[c]([Sn]([CH3])([CH3])[CH3])cc1. The van der Waals surface area contributed by atoms with E-state index in [2.05, 4.69) is 39.1 Å². The van der Waals surface area contributed by atoms with Gasteiger partial charge >= 0.3 is 125 Å². The molecule has 0 aliphatic carbocycles. The average molecular weight is 383 g/mol. The molecule has 1 atom stereocenters. The summed E-state index contributed by atoms with van der Waals surface area (Å²) in [5.74, 6) is -0.663. The molecule has 0 amide bonds. The van der Waals surface area contributed by atoms with E-state index in [1.54, 1.807) is 0 Å². The maximum atomic E-state index is 11.7. The predicted molar refractivity (Wildman–Crippen MR) is 83.9 cm³/mol. The average Bonchev–Trinajstić information content (AvgIpc) is 2.36. The summed E-state index contributed by atoms with van der Waals surface area (Å²) >= 11 is -2.02. The van der Waals surface area contributed by atoms with Crippen molar-refractivity contribution in [1.29, 1.82) is 0 Å². The van der Waals surface area contributed by atoms with Crippen molar-refractivity contribution in [3.63, 3.8) is 0 Å². The zero-order valence-electron chi connectivity index (χ0n) is 13.0. The Bertz CT molecular complexity index is 471. The second-order valence-electron chi connectivity index (χ2n) is 6.28. The van der Waals surface area contributed by atoms with Crippen LogP contribution in [-0.4, -0.2) is 37.2 Å². The van der Waals surface area contributed by atoms with E-state index < -0.39 is 18.4 Å². The van der Waals surface area contributed by atoms with Crippen molar-refractivity contribution in [2.75, 3.05) is 7.11 Å². The molecule has 1 rings (SSSR count). The van der Waals surface area contributed by atoms with Gasteiger partial charge in [-0.05, 0) is 0 Å². The maximum absolute atomic E-state index is 11.7. The molecule has 3 nitrogen and oxygen atoms in total. The molecule has 0 aromatic heterocycles. The normalized spacial score (nSPS) is 12.8. The van der Waals surface area contributed by atoms with E-state index >= 15 is 0 Å². The number of rotatable bonds is 6. The van der Waals surface area contributed by atoms with E-state index in [0.717, 1.165) is 5.56 Å². The van der Waals surface area contributed by atoms with Gasteiger partial charge in [0.05, 0.1) is 0 Å². The van der Waals surface area contributed by atoms with Crippen molar-refractivity contribution in [3.05, 3.63) is 29.8 Å². The first kappa shape index (κ1) is 17.2. The van der Waals surface area contributed by atoms with Gasteiger partial charge in [-0.3, -0.25) is 0 Å². The van der Waals surface area contributed by atoms with Crippen LogP contribution in [0, 0.1) is 5.92 Å². The van der Waals surface area contributed by atoms with Crippen LogP contribution in [0.2, 0.25) is 14.8 Å². The molecule has 0 N–H and O–H groups in total. The molecule has 110 valence electrons. The third-order valence-corrected chi connectivity index (χ3v) is 9.27. The minimum atomic E-state index is -2.02. The van der Waals surface area contributed by atoms with Gasteiger partial charge < -0.3 is 0 Å². The van der Waals surface area contributed by atoms with Crippen molar-refractivity contribution in [1.82, 2.24) is 0 Å². The van der Waals surface area contributed by atoms with Crippen LogP contribution in [0.15, 0.2) is 24.3 Å². The molecular weight excluding hydrogens is 359 g/mol. The van der Waals surface area contributed by atoms with E-state index in [0.29, 0.717) is 6.42 Å². The number of carbonyl (C=O) groups is 2. The first-order valence-electron chi connectivity index (χ1n) is 6.90. The van der Waals surface area contributed by atoms with Crippen LogP contribution in [0.1, 0.15) is 18.9 Å². The van der Waals surface area contributed by atoms with E-state index in [1.165, 1.54) is 17.6 Å². The molecule has 4 heteroatoms. The molecule has 0 fully saturated rings. The summed E-state index contributed by atoms with van der Waals surface area (Å²) in [4.78, 5) is 30.1. The van der Waals surface area contributed by atoms with Gasteiger partial charge in [-0.25, -0.2) is 0 Å². The molecule has 0 saturated carbocycles. The second kappa shape index (κ2) is 7.25. The molecule has 0 heterocycles. The third-order valence-electron chi connectivity index (χ3n) is 3.37. The van der Waals surface area contributed by atoms with Crippen LogP contribution in [0.3, 0.4) is 0 Å². The molecule has 1 aromatic carbocycles. The summed E-state index contributed by atoms with van der Waals surface area (Å²) in [5.41, 5.74) is 1.08. The van der Waals surface area contributed by atoms with E-state index in [1.807, 2.05) is 0 Å². The van der Waals surface area contributed by atoms with Gasteiger partial charge in [-0.2, -0.15) is 0 Å². The Labute approximate surface area is 125 Å². The standard InChI is InChI=1S/C13H15O3.3CH3.Sn/c1-10(14)8-12(13(15)16-2)9-11-6-4-3-5-7-11;;;;/h4-7,12H,8-9H2,1-2H3;3*1H3;. The summed E-state index contributed by atoms with van der Waals surface area (Å²) in [6.07, 6.45) is 0.805. The van der Waals surface area contributed by atoms with Gasteiger partial charge in [0.15, 0.2) is 0 Å². The van der Waals surface area contributed by atoms with Crippen molar-refractivity contribution >= 4 is 33.7 Å². The van der Waals surface area contributed by atoms with Gasteiger partial charge in [0.2, 0.25) is 0 Å². The topological polar surface area (TPSA) is 43.4 Å². The van der Waals surface area contributed by atoms with Gasteiger partial charge in [-0.15, -0.1) is 0 Å². The molecule has 0 aliphatic heterocycles. The third kappa shape index (κ3) is 5.27. The number of hydrogen-bond acceptors (Lipinski definition) is 3. The number of methoxy groups -OCH3 is 1. The zero-order valence-corrected chi connectivity index (χ0v) is 15.9.